The van der Waals surface area contributed by atoms with E-state index in [1.54, 1.807) is 149 Å². The van der Waals surface area contributed by atoms with Gasteiger partial charge in [0.15, 0.2) is 0 Å². The Balaban J connectivity index is 2.44. The molecule has 400 valence electrons. The number of amidine groups is 1. The maximum atomic E-state index is 14.3. The Morgan fingerprint density at radius 3 is 1.51 bits per heavy atom. The predicted molar refractivity (Wildman–Crippen MR) is 273 cm³/mol. The van der Waals surface area contributed by atoms with Gasteiger partial charge in [0.2, 0.25) is 11.9 Å². The van der Waals surface area contributed by atoms with Crippen LogP contribution in [0, 0.1) is 0 Å². The number of carbonyl (C=O) groups excluding carboxylic acids is 6. The minimum Gasteiger partial charge on any atom is -0.444 e. The Bertz CT molecular complexity index is 2030. The number of nitrogens with one attached hydrogen (secondary N) is 2. The van der Waals surface area contributed by atoms with Crippen LogP contribution in [0.3, 0.4) is 0 Å². The lowest BCUT2D eigenvalue weighted by atomic mass is 10.1. The summed E-state index contributed by atoms with van der Waals surface area (Å²) in [7, 11) is 0. The monoisotopic (exact) mass is 1000 g/mol. The first-order chi connectivity index (χ1) is 32.4. The molecule has 6 amide bonds. The fraction of sp³-hybridized carbons (Fsp3) is 0.706. The van der Waals surface area contributed by atoms with Crippen LogP contribution in [0.15, 0.2) is 39.2 Å². The van der Waals surface area contributed by atoms with Gasteiger partial charge in [-0.05, 0) is 149 Å². The zero-order valence-corrected chi connectivity index (χ0v) is 45.9. The van der Waals surface area contributed by atoms with Crippen molar-refractivity contribution in [1.29, 1.82) is 0 Å². The highest BCUT2D eigenvalue weighted by Gasteiger charge is 2.36. The molecule has 0 spiro atoms. The average molecular weight is 1000 g/mol. The summed E-state index contributed by atoms with van der Waals surface area (Å²) in [5.41, 5.74) is -3.98. The maximum absolute atomic E-state index is 14.3. The van der Waals surface area contributed by atoms with Gasteiger partial charge in [0.25, 0.3) is 0 Å². The van der Waals surface area contributed by atoms with Crippen LogP contribution < -0.4 is 10.6 Å². The molecule has 0 radical (unpaired) electrons. The minimum atomic E-state index is -1.05. The van der Waals surface area contributed by atoms with E-state index in [1.165, 1.54) is 4.90 Å². The standard InChI is InChI=1S/C51H84N8O12/c1-46(2,3)66-40(60)54-38(55-41(61)67-47(4,5)6)53-30-23-21-19-20-22-24-32-58(44(64)70-50(13,14)15)39(56-42(62)68-48(7,8)9)59(45(65)71-51(16,17)18)34-35-26-28-36(29-27-35)37-52-31-25-33-57(37)43(63)69-49(10,11)12/h26-29H,19-25,30-34H2,1-18H3,(H2,53,54,55,60,61)/b56-39+. The molecule has 0 aliphatic carbocycles. The van der Waals surface area contributed by atoms with Crippen LogP contribution in [0.2, 0.25) is 0 Å². The number of hydrogen-bond acceptors (Lipinski definition) is 14. The number of rotatable bonds is 12. The highest BCUT2D eigenvalue weighted by atomic mass is 16.6. The summed E-state index contributed by atoms with van der Waals surface area (Å²) >= 11 is 0. The number of aliphatic imine (C=N–C) groups is 3. The molecule has 71 heavy (non-hydrogen) atoms. The second-order valence-corrected chi connectivity index (χ2v) is 23.1. The summed E-state index contributed by atoms with van der Waals surface area (Å²) < 4.78 is 33.7. The number of ether oxygens (including phenoxy) is 6. The SMILES string of the molecule is CC(C)(C)OC(=O)/N=C(\N(CCCCCCCCN=C(NC(=O)OC(C)(C)C)NC(=O)OC(C)(C)C)C(=O)OC(C)(C)C)N(Cc1ccc(C2=NCCCN2C(=O)OC(C)(C)C)cc1)C(=O)OC(C)(C)C. The number of benzene rings is 1. The van der Waals surface area contributed by atoms with Gasteiger partial charge in [-0.25, -0.2) is 38.6 Å². The molecule has 1 heterocycles. The first-order valence-electron chi connectivity index (χ1n) is 24.4. The third-order valence-electron chi connectivity index (χ3n) is 8.82. The largest absolute Gasteiger partial charge is 0.444 e. The molecular formula is C51H84N8O12. The number of carbonyl (C=O) groups is 6. The second-order valence-electron chi connectivity index (χ2n) is 23.1. The minimum absolute atomic E-state index is 0.00454. The van der Waals surface area contributed by atoms with E-state index < -0.39 is 70.2 Å². The van der Waals surface area contributed by atoms with Gasteiger partial charge in [0.1, 0.15) is 39.4 Å². The molecule has 0 saturated carbocycles. The fourth-order valence-corrected chi connectivity index (χ4v) is 6.24. The van der Waals surface area contributed by atoms with Crippen molar-refractivity contribution in [3.63, 3.8) is 0 Å². The zero-order valence-electron chi connectivity index (χ0n) is 45.9. The third kappa shape index (κ3) is 26.2. The summed E-state index contributed by atoms with van der Waals surface area (Å²) in [6.45, 7) is 31.9. The molecule has 1 aromatic rings. The van der Waals surface area contributed by atoms with Crippen LogP contribution in [0.1, 0.15) is 181 Å². The molecule has 0 atom stereocenters. The van der Waals surface area contributed by atoms with E-state index in [9.17, 15) is 28.8 Å². The van der Waals surface area contributed by atoms with Crippen LogP contribution in [0.4, 0.5) is 28.8 Å². The number of amides is 6. The Morgan fingerprint density at radius 1 is 0.577 bits per heavy atom. The van der Waals surface area contributed by atoms with Crippen molar-refractivity contribution in [2.24, 2.45) is 15.0 Å². The molecule has 1 aliphatic rings. The van der Waals surface area contributed by atoms with Crippen LogP contribution in [-0.4, -0.2) is 129 Å². The van der Waals surface area contributed by atoms with Crippen molar-refractivity contribution in [3.05, 3.63) is 35.4 Å². The number of nitrogens with zero attached hydrogens (tertiary/aromatic N) is 6. The molecule has 0 fully saturated rings. The molecule has 20 heteroatoms. The van der Waals surface area contributed by atoms with Crippen molar-refractivity contribution in [2.75, 3.05) is 26.2 Å². The van der Waals surface area contributed by atoms with Crippen molar-refractivity contribution in [2.45, 2.75) is 210 Å². The summed E-state index contributed by atoms with van der Waals surface area (Å²) in [5, 5.41) is 4.96. The molecule has 2 N–H and O–H groups in total. The van der Waals surface area contributed by atoms with E-state index in [0.29, 0.717) is 55.7 Å². The number of guanidine groups is 2. The van der Waals surface area contributed by atoms with Gasteiger partial charge < -0.3 is 28.4 Å². The number of hydrogen-bond donors (Lipinski definition) is 2. The molecule has 0 aromatic heterocycles. The molecule has 20 nitrogen and oxygen atoms in total. The highest BCUT2D eigenvalue weighted by molar-refractivity contribution is 6.07. The molecule has 0 unspecified atom stereocenters. The molecule has 2 rings (SSSR count). The topological polar surface area (TPSA) is 229 Å². The van der Waals surface area contributed by atoms with E-state index in [0.717, 1.165) is 29.1 Å². The van der Waals surface area contributed by atoms with Crippen LogP contribution >= 0.6 is 0 Å². The number of alkyl carbamates (subject to hydrolysis) is 2. The van der Waals surface area contributed by atoms with Gasteiger partial charge in [0, 0.05) is 31.7 Å². The van der Waals surface area contributed by atoms with Gasteiger partial charge in [-0.3, -0.25) is 25.5 Å². The van der Waals surface area contributed by atoms with Crippen molar-refractivity contribution in [1.82, 2.24) is 25.3 Å². The third-order valence-corrected chi connectivity index (χ3v) is 8.82. The predicted octanol–water partition coefficient (Wildman–Crippen LogP) is 11.1. The Labute approximate surface area is 422 Å². The molecule has 1 aliphatic heterocycles. The summed E-state index contributed by atoms with van der Waals surface area (Å²) in [6, 6.07) is 7.05. The van der Waals surface area contributed by atoms with E-state index in [4.69, 9.17) is 28.4 Å². The fourth-order valence-electron chi connectivity index (χ4n) is 6.24. The average Bonchev–Trinajstić information content (AvgIpc) is 3.16. The van der Waals surface area contributed by atoms with Gasteiger partial charge in [-0.2, -0.15) is 0 Å². The van der Waals surface area contributed by atoms with Gasteiger partial charge in [0.05, 0.1) is 6.54 Å². The molecular weight excluding hydrogens is 917 g/mol. The lowest BCUT2D eigenvalue weighted by Crippen LogP contribution is -2.52. The van der Waals surface area contributed by atoms with Gasteiger partial charge in [-0.1, -0.05) is 49.9 Å². The molecule has 0 saturated heterocycles. The second kappa shape index (κ2) is 26.0. The molecule has 0 bridgehead atoms. The van der Waals surface area contributed by atoms with Gasteiger partial charge in [-0.15, -0.1) is 4.99 Å². The van der Waals surface area contributed by atoms with Crippen LogP contribution in [-0.2, 0) is 35.0 Å². The summed E-state index contributed by atoms with van der Waals surface area (Å²) in [6.07, 6.45) is -0.265. The van der Waals surface area contributed by atoms with Crippen LogP contribution in [0.25, 0.3) is 0 Å². The van der Waals surface area contributed by atoms with E-state index >= 15 is 0 Å². The summed E-state index contributed by atoms with van der Waals surface area (Å²) in [5.74, 6) is -0.00144. The lowest BCUT2D eigenvalue weighted by molar-refractivity contribution is 0.0261. The Hall–Kier alpha value is -5.95. The normalized spacial score (nSPS) is 13.7. The smallest absolute Gasteiger partial charge is 0.437 e. The van der Waals surface area contributed by atoms with Crippen molar-refractivity contribution >= 4 is 54.3 Å². The van der Waals surface area contributed by atoms with Crippen molar-refractivity contribution < 1.29 is 57.2 Å². The maximum Gasteiger partial charge on any atom is 0.437 e. The zero-order chi connectivity index (χ0) is 54.2. The Morgan fingerprint density at radius 2 is 1.03 bits per heavy atom. The first kappa shape index (κ1) is 61.2. The van der Waals surface area contributed by atoms with Gasteiger partial charge >= 0.3 is 36.6 Å². The van der Waals surface area contributed by atoms with E-state index in [-0.39, 0.29) is 31.6 Å². The molecule has 1 aromatic carbocycles. The quantitative estimate of drug-likeness (QED) is 0.0862. The van der Waals surface area contributed by atoms with E-state index in [2.05, 4.69) is 25.6 Å². The Kier molecular flexibility index (Phi) is 22.4. The van der Waals surface area contributed by atoms with Crippen molar-refractivity contribution in [3.8, 4) is 0 Å². The number of unbranched alkanes of at least 4 members (excludes halogenated alkanes) is 5. The first-order valence-corrected chi connectivity index (χ1v) is 24.4. The summed E-state index contributed by atoms with van der Waals surface area (Å²) in [4.78, 5) is 97.5. The van der Waals surface area contributed by atoms with Crippen LogP contribution in [0.5, 0.6) is 0 Å². The highest BCUT2D eigenvalue weighted by Crippen LogP contribution is 2.23. The lowest BCUT2D eigenvalue weighted by Gasteiger charge is -2.34. The van der Waals surface area contributed by atoms with E-state index in [1.807, 2.05) is 0 Å².